The van der Waals surface area contributed by atoms with Crippen molar-refractivity contribution in [2.45, 2.75) is 6.54 Å². The summed E-state index contributed by atoms with van der Waals surface area (Å²) in [6, 6.07) is 3.48. The molecular weight excluding hydrogens is 232 g/mol. The number of hydrogen-bond donors (Lipinski definition) is 0. The molecule has 0 fully saturated rings. The van der Waals surface area contributed by atoms with Crippen LogP contribution in [0.25, 0.3) is 0 Å². The van der Waals surface area contributed by atoms with E-state index in [0.29, 0.717) is 11.7 Å². The fourth-order valence-corrected chi connectivity index (χ4v) is 1.35. The van der Waals surface area contributed by atoms with Gasteiger partial charge >= 0.3 is 5.82 Å². The van der Waals surface area contributed by atoms with Crippen molar-refractivity contribution in [1.29, 1.82) is 0 Å². The largest absolute Gasteiger partial charge is 0.381 e. The standard InChI is InChI=1S/C9H7ClN4O2/c10-8-2-1-7(3-11-8)4-13-5-9(12-6-13)14(15)16/h1-3,5-6H,4H2. The molecule has 82 valence electrons. The van der Waals surface area contributed by atoms with Crippen LogP contribution >= 0.6 is 11.6 Å². The van der Waals surface area contributed by atoms with Gasteiger partial charge in [0, 0.05) is 6.20 Å². The van der Waals surface area contributed by atoms with Crippen LogP contribution in [0.1, 0.15) is 5.56 Å². The Kier molecular flexibility index (Phi) is 2.82. The van der Waals surface area contributed by atoms with Crippen molar-refractivity contribution in [2.75, 3.05) is 0 Å². The minimum absolute atomic E-state index is 0.165. The molecule has 2 aromatic rings. The fourth-order valence-electron chi connectivity index (χ4n) is 1.24. The van der Waals surface area contributed by atoms with E-state index < -0.39 is 4.92 Å². The lowest BCUT2D eigenvalue weighted by molar-refractivity contribution is -0.389. The maximum Gasteiger partial charge on any atom is 0.381 e. The Morgan fingerprint density at radius 1 is 1.44 bits per heavy atom. The average molecular weight is 239 g/mol. The van der Waals surface area contributed by atoms with Crippen LogP contribution in [0.15, 0.2) is 30.9 Å². The Balaban J connectivity index is 2.14. The van der Waals surface area contributed by atoms with E-state index in [1.807, 2.05) is 0 Å². The van der Waals surface area contributed by atoms with Crippen molar-refractivity contribution < 1.29 is 4.92 Å². The second kappa shape index (κ2) is 4.28. The number of nitrogens with zero attached hydrogens (tertiary/aromatic N) is 4. The molecule has 0 bridgehead atoms. The van der Waals surface area contributed by atoms with E-state index in [0.717, 1.165) is 5.56 Å². The van der Waals surface area contributed by atoms with Crippen LogP contribution in [-0.2, 0) is 6.54 Å². The third-order valence-corrected chi connectivity index (χ3v) is 2.18. The van der Waals surface area contributed by atoms with Gasteiger partial charge in [-0.25, -0.2) is 4.98 Å². The van der Waals surface area contributed by atoms with Gasteiger partial charge in [0.15, 0.2) is 0 Å². The molecule has 6 nitrogen and oxygen atoms in total. The second-order valence-electron chi connectivity index (χ2n) is 3.15. The van der Waals surface area contributed by atoms with Crippen LogP contribution in [0.4, 0.5) is 5.82 Å². The van der Waals surface area contributed by atoms with E-state index in [1.165, 1.54) is 12.5 Å². The predicted molar refractivity (Wildman–Crippen MR) is 57.2 cm³/mol. The minimum Gasteiger partial charge on any atom is -0.358 e. The maximum absolute atomic E-state index is 10.4. The quantitative estimate of drug-likeness (QED) is 0.465. The Morgan fingerprint density at radius 2 is 2.25 bits per heavy atom. The van der Waals surface area contributed by atoms with Crippen LogP contribution in [-0.4, -0.2) is 19.5 Å². The monoisotopic (exact) mass is 238 g/mol. The van der Waals surface area contributed by atoms with Gasteiger partial charge in [-0.3, -0.25) is 0 Å². The van der Waals surface area contributed by atoms with Crippen molar-refractivity contribution in [2.24, 2.45) is 0 Å². The maximum atomic E-state index is 10.4. The molecule has 0 N–H and O–H groups in total. The summed E-state index contributed by atoms with van der Waals surface area (Å²) in [5, 5.41) is 10.8. The number of hydrogen-bond acceptors (Lipinski definition) is 4. The highest BCUT2D eigenvalue weighted by Gasteiger charge is 2.09. The molecular formula is C9H7ClN4O2. The average Bonchev–Trinajstić information content (AvgIpc) is 2.70. The normalized spacial score (nSPS) is 10.3. The van der Waals surface area contributed by atoms with Gasteiger partial charge in [0.05, 0.1) is 6.54 Å². The molecule has 7 heteroatoms. The molecule has 0 atom stereocenters. The predicted octanol–water partition coefficient (Wildman–Crippen LogP) is 1.89. The molecule has 0 aliphatic carbocycles. The number of pyridine rings is 1. The number of imidazole rings is 1. The fraction of sp³-hybridized carbons (Fsp3) is 0.111. The topological polar surface area (TPSA) is 73.8 Å². The van der Waals surface area contributed by atoms with Gasteiger partial charge in [0.1, 0.15) is 11.3 Å². The Bertz CT molecular complexity index is 508. The molecule has 2 rings (SSSR count). The minimum atomic E-state index is -0.531. The summed E-state index contributed by atoms with van der Waals surface area (Å²) in [5.74, 6) is -0.165. The SMILES string of the molecule is O=[N+]([O-])c1cn(Cc2ccc(Cl)nc2)cn1. The van der Waals surface area contributed by atoms with E-state index in [-0.39, 0.29) is 5.82 Å². The molecule has 0 aliphatic rings. The zero-order valence-electron chi connectivity index (χ0n) is 8.08. The lowest BCUT2D eigenvalue weighted by atomic mass is 10.3. The number of rotatable bonds is 3. The Morgan fingerprint density at radius 3 is 2.81 bits per heavy atom. The molecule has 0 saturated carbocycles. The van der Waals surface area contributed by atoms with E-state index >= 15 is 0 Å². The van der Waals surface area contributed by atoms with Crippen molar-refractivity contribution in [3.63, 3.8) is 0 Å². The van der Waals surface area contributed by atoms with Crippen LogP contribution in [0, 0.1) is 10.1 Å². The van der Waals surface area contributed by atoms with Gasteiger partial charge in [-0.2, -0.15) is 0 Å². The number of nitro groups is 1. The first-order valence-corrected chi connectivity index (χ1v) is 4.79. The van der Waals surface area contributed by atoms with Crippen molar-refractivity contribution >= 4 is 17.4 Å². The van der Waals surface area contributed by atoms with Gasteiger partial charge in [0.25, 0.3) is 0 Å². The highest BCUT2D eigenvalue weighted by molar-refractivity contribution is 6.29. The zero-order valence-corrected chi connectivity index (χ0v) is 8.83. The molecule has 16 heavy (non-hydrogen) atoms. The van der Waals surface area contributed by atoms with Gasteiger partial charge in [-0.1, -0.05) is 17.7 Å². The first kappa shape index (κ1) is 10.6. The molecule has 0 amide bonds. The first-order chi connectivity index (χ1) is 7.65. The van der Waals surface area contributed by atoms with E-state index in [1.54, 1.807) is 22.9 Å². The number of halogens is 1. The smallest absolute Gasteiger partial charge is 0.358 e. The number of aromatic nitrogens is 3. The van der Waals surface area contributed by atoms with Crippen molar-refractivity contribution in [3.8, 4) is 0 Å². The highest BCUT2D eigenvalue weighted by Crippen LogP contribution is 2.10. The van der Waals surface area contributed by atoms with Gasteiger partial charge in [-0.15, -0.1) is 0 Å². The van der Waals surface area contributed by atoms with Gasteiger partial charge < -0.3 is 14.7 Å². The first-order valence-electron chi connectivity index (χ1n) is 4.42. The molecule has 0 unspecified atom stereocenters. The Labute approximate surface area is 95.7 Å². The Hall–Kier alpha value is -1.95. The molecule has 2 heterocycles. The summed E-state index contributed by atoms with van der Waals surface area (Å²) in [7, 11) is 0. The van der Waals surface area contributed by atoms with Crippen molar-refractivity contribution in [1.82, 2.24) is 14.5 Å². The van der Waals surface area contributed by atoms with Crippen LogP contribution in [0.3, 0.4) is 0 Å². The molecule has 0 spiro atoms. The van der Waals surface area contributed by atoms with E-state index in [9.17, 15) is 10.1 Å². The summed E-state index contributed by atoms with van der Waals surface area (Å²) in [4.78, 5) is 17.4. The third-order valence-electron chi connectivity index (χ3n) is 1.96. The van der Waals surface area contributed by atoms with E-state index in [4.69, 9.17) is 11.6 Å². The lowest BCUT2D eigenvalue weighted by Gasteiger charge is -1.99. The third kappa shape index (κ3) is 2.34. The van der Waals surface area contributed by atoms with E-state index in [2.05, 4.69) is 9.97 Å². The summed E-state index contributed by atoms with van der Waals surface area (Å²) in [5.41, 5.74) is 0.900. The molecule has 0 aromatic carbocycles. The highest BCUT2D eigenvalue weighted by atomic mass is 35.5. The molecule has 0 aliphatic heterocycles. The lowest BCUT2D eigenvalue weighted by Crippen LogP contribution is -1.96. The van der Waals surface area contributed by atoms with Gasteiger partial charge in [0.2, 0.25) is 6.33 Å². The molecule has 2 aromatic heterocycles. The van der Waals surface area contributed by atoms with Crippen molar-refractivity contribution in [3.05, 3.63) is 51.7 Å². The summed E-state index contributed by atoms with van der Waals surface area (Å²) in [6.45, 7) is 0.477. The molecule has 0 radical (unpaired) electrons. The van der Waals surface area contributed by atoms with Gasteiger partial charge in [-0.05, 0) is 21.5 Å². The van der Waals surface area contributed by atoms with Crippen LogP contribution in [0.5, 0.6) is 0 Å². The molecule has 0 saturated heterocycles. The second-order valence-corrected chi connectivity index (χ2v) is 3.54. The van der Waals surface area contributed by atoms with Crippen LogP contribution < -0.4 is 0 Å². The van der Waals surface area contributed by atoms with Crippen LogP contribution in [0.2, 0.25) is 5.15 Å². The zero-order chi connectivity index (χ0) is 11.5. The summed E-state index contributed by atoms with van der Waals surface area (Å²) < 4.78 is 1.61. The summed E-state index contributed by atoms with van der Waals surface area (Å²) >= 11 is 5.64. The summed E-state index contributed by atoms with van der Waals surface area (Å²) in [6.07, 6.45) is 4.40.